The molecule has 5 heteroatoms. The predicted molar refractivity (Wildman–Crippen MR) is 75.2 cm³/mol. The Labute approximate surface area is 115 Å². The van der Waals surface area contributed by atoms with Gasteiger partial charge in [0.1, 0.15) is 15.6 Å². The highest BCUT2D eigenvalue weighted by Gasteiger charge is 2.15. The molecule has 0 aliphatic heterocycles. The lowest BCUT2D eigenvalue weighted by Crippen LogP contribution is -1.94. The van der Waals surface area contributed by atoms with Crippen LogP contribution in [-0.4, -0.2) is 23.2 Å². The molecule has 0 unspecified atom stereocenters. The number of aryl methyl sites for hydroxylation is 2. The minimum atomic E-state index is -0.925. The van der Waals surface area contributed by atoms with Crippen molar-refractivity contribution in [2.24, 2.45) is 0 Å². The lowest BCUT2D eigenvalue weighted by atomic mass is 10.1. The standard InChI is InChI=1S/C14H15NO3S/c1-4-9-7-10(5-6-11(9)18-3)13-15-8(2)12(19-13)14(16)17/h5-7H,4H2,1-3H3,(H,16,17). The highest BCUT2D eigenvalue weighted by atomic mass is 32.1. The summed E-state index contributed by atoms with van der Waals surface area (Å²) in [7, 11) is 1.64. The van der Waals surface area contributed by atoms with Gasteiger partial charge in [0.2, 0.25) is 0 Å². The summed E-state index contributed by atoms with van der Waals surface area (Å²) < 4.78 is 5.28. The Hall–Kier alpha value is -1.88. The van der Waals surface area contributed by atoms with Crippen molar-refractivity contribution >= 4 is 17.3 Å². The Balaban J connectivity index is 2.47. The third kappa shape index (κ3) is 2.61. The van der Waals surface area contributed by atoms with Gasteiger partial charge in [-0.25, -0.2) is 9.78 Å². The normalized spacial score (nSPS) is 10.5. The molecule has 2 rings (SSSR count). The van der Waals surface area contributed by atoms with Gasteiger partial charge in [0.15, 0.2) is 0 Å². The number of nitrogens with zero attached hydrogens (tertiary/aromatic N) is 1. The zero-order chi connectivity index (χ0) is 14.0. The fourth-order valence-electron chi connectivity index (χ4n) is 1.91. The second kappa shape index (κ2) is 5.40. The third-order valence-corrected chi connectivity index (χ3v) is 4.09. The zero-order valence-corrected chi connectivity index (χ0v) is 11.9. The first kappa shape index (κ1) is 13.5. The Morgan fingerprint density at radius 1 is 1.47 bits per heavy atom. The van der Waals surface area contributed by atoms with Gasteiger partial charge < -0.3 is 9.84 Å². The van der Waals surface area contributed by atoms with Crippen LogP contribution < -0.4 is 4.74 Å². The molecule has 0 fully saturated rings. The second-order valence-corrected chi connectivity index (χ2v) is 5.12. The molecule has 0 spiro atoms. The molecule has 4 nitrogen and oxygen atoms in total. The van der Waals surface area contributed by atoms with Crippen LogP contribution in [0.3, 0.4) is 0 Å². The predicted octanol–water partition coefficient (Wildman–Crippen LogP) is 3.39. The van der Waals surface area contributed by atoms with E-state index in [1.807, 2.05) is 18.2 Å². The van der Waals surface area contributed by atoms with Gasteiger partial charge in [0.25, 0.3) is 0 Å². The van der Waals surface area contributed by atoms with Gasteiger partial charge in [-0.15, -0.1) is 11.3 Å². The molecule has 0 saturated heterocycles. The van der Waals surface area contributed by atoms with Crippen LogP contribution >= 0.6 is 11.3 Å². The average molecular weight is 277 g/mol. The monoisotopic (exact) mass is 277 g/mol. The molecule has 19 heavy (non-hydrogen) atoms. The second-order valence-electron chi connectivity index (χ2n) is 4.12. The van der Waals surface area contributed by atoms with Gasteiger partial charge in [-0.3, -0.25) is 0 Å². The molecular formula is C14H15NO3S. The SMILES string of the molecule is CCc1cc(-c2nc(C)c(C(=O)O)s2)ccc1OC. The highest BCUT2D eigenvalue weighted by Crippen LogP contribution is 2.31. The number of aromatic nitrogens is 1. The van der Waals surface area contributed by atoms with Gasteiger partial charge in [0.05, 0.1) is 12.8 Å². The van der Waals surface area contributed by atoms with E-state index in [4.69, 9.17) is 9.84 Å². The van der Waals surface area contributed by atoms with Crippen molar-refractivity contribution < 1.29 is 14.6 Å². The van der Waals surface area contributed by atoms with Crippen LogP contribution in [0.15, 0.2) is 18.2 Å². The van der Waals surface area contributed by atoms with Crippen molar-refractivity contribution in [1.82, 2.24) is 4.98 Å². The van der Waals surface area contributed by atoms with Crippen molar-refractivity contribution in [3.63, 3.8) is 0 Å². The molecule has 0 aliphatic rings. The van der Waals surface area contributed by atoms with E-state index in [1.165, 1.54) is 11.3 Å². The maximum atomic E-state index is 11.0. The van der Waals surface area contributed by atoms with E-state index >= 15 is 0 Å². The number of rotatable bonds is 4. The minimum Gasteiger partial charge on any atom is -0.496 e. The number of ether oxygens (including phenoxy) is 1. The molecule has 0 radical (unpaired) electrons. The molecule has 0 aliphatic carbocycles. The average Bonchev–Trinajstić information content (AvgIpc) is 2.80. The van der Waals surface area contributed by atoms with Crippen LogP contribution in [0.5, 0.6) is 5.75 Å². The van der Waals surface area contributed by atoms with Gasteiger partial charge in [-0.05, 0) is 37.1 Å². The van der Waals surface area contributed by atoms with Crippen LogP contribution in [0, 0.1) is 6.92 Å². The number of methoxy groups -OCH3 is 1. The summed E-state index contributed by atoms with van der Waals surface area (Å²) in [5.74, 6) is -0.0801. The third-order valence-electron chi connectivity index (χ3n) is 2.90. The number of hydrogen-bond acceptors (Lipinski definition) is 4. The van der Waals surface area contributed by atoms with Crippen molar-refractivity contribution in [1.29, 1.82) is 0 Å². The smallest absolute Gasteiger partial charge is 0.347 e. The Morgan fingerprint density at radius 3 is 2.74 bits per heavy atom. The van der Waals surface area contributed by atoms with Gasteiger partial charge in [0, 0.05) is 5.56 Å². The first-order valence-electron chi connectivity index (χ1n) is 5.94. The maximum absolute atomic E-state index is 11.0. The Kier molecular flexibility index (Phi) is 3.85. The summed E-state index contributed by atoms with van der Waals surface area (Å²) in [4.78, 5) is 15.7. The van der Waals surface area contributed by atoms with E-state index in [-0.39, 0.29) is 0 Å². The van der Waals surface area contributed by atoms with E-state index in [1.54, 1.807) is 14.0 Å². The van der Waals surface area contributed by atoms with E-state index in [2.05, 4.69) is 11.9 Å². The van der Waals surface area contributed by atoms with Crippen LogP contribution in [-0.2, 0) is 6.42 Å². The van der Waals surface area contributed by atoms with Gasteiger partial charge >= 0.3 is 5.97 Å². The lowest BCUT2D eigenvalue weighted by molar-refractivity contribution is 0.0701. The largest absolute Gasteiger partial charge is 0.496 e. The molecule has 1 aromatic carbocycles. The summed E-state index contributed by atoms with van der Waals surface area (Å²) in [6.07, 6.45) is 0.854. The zero-order valence-electron chi connectivity index (χ0n) is 11.1. The summed E-state index contributed by atoms with van der Waals surface area (Å²) in [5, 5.41) is 9.79. The molecule has 0 atom stereocenters. The van der Waals surface area contributed by atoms with E-state index in [0.717, 1.165) is 28.3 Å². The number of carboxylic acids is 1. The first-order valence-corrected chi connectivity index (χ1v) is 6.76. The van der Waals surface area contributed by atoms with Crippen LogP contribution in [0.1, 0.15) is 27.9 Å². The topological polar surface area (TPSA) is 59.4 Å². The Bertz CT molecular complexity index is 619. The van der Waals surface area contributed by atoms with Crippen molar-refractivity contribution in [3.8, 4) is 16.3 Å². The highest BCUT2D eigenvalue weighted by molar-refractivity contribution is 7.17. The molecular weight excluding hydrogens is 262 g/mol. The number of carbonyl (C=O) groups is 1. The fraction of sp³-hybridized carbons (Fsp3) is 0.286. The molecule has 1 aromatic heterocycles. The number of hydrogen-bond donors (Lipinski definition) is 1. The molecule has 1 N–H and O–H groups in total. The van der Waals surface area contributed by atoms with E-state index in [9.17, 15) is 4.79 Å². The maximum Gasteiger partial charge on any atom is 0.347 e. The van der Waals surface area contributed by atoms with Crippen LogP contribution in [0.4, 0.5) is 0 Å². The number of carboxylic acid groups (broad SMARTS) is 1. The Morgan fingerprint density at radius 2 is 2.21 bits per heavy atom. The molecule has 100 valence electrons. The number of aromatic carboxylic acids is 1. The van der Waals surface area contributed by atoms with Crippen molar-refractivity contribution in [3.05, 3.63) is 34.3 Å². The van der Waals surface area contributed by atoms with Crippen molar-refractivity contribution in [2.45, 2.75) is 20.3 Å². The summed E-state index contributed by atoms with van der Waals surface area (Å²) in [6.45, 7) is 3.77. The summed E-state index contributed by atoms with van der Waals surface area (Å²) in [5.41, 5.74) is 2.57. The molecule has 2 aromatic rings. The first-order chi connectivity index (χ1) is 9.06. The number of benzene rings is 1. The molecule has 0 bridgehead atoms. The summed E-state index contributed by atoms with van der Waals surface area (Å²) >= 11 is 1.20. The van der Waals surface area contributed by atoms with Crippen molar-refractivity contribution in [2.75, 3.05) is 7.11 Å². The van der Waals surface area contributed by atoms with Gasteiger partial charge in [-0.1, -0.05) is 6.92 Å². The van der Waals surface area contributed by atoms with E-state index in [0.29, 0.717) is 10.6 Å². The summed E-state index contributed by atoms with van der Waals surface area (Å²) in [6, 6.07) is 5.80. The quantitative estimate of drug-likeness (QED) is 0.930. The van der Waals surface area contributed by atoms with Gasteiger partial charge in [-0.2, -0.15) is 0 Å². The number of thiazole rings is 1. The fourth-order valence-corrected chi connectivity index (χ4v) is 2.81. The lowest BCUT2D eigenvalue weighted by Gasteiger charge is -2.07. The molecule has 0 saturated carbocycles. The van der Waals surface area contributed by atoms with Crippen LogP contribution in [0.2, 0.25) is 0 Å². The molecule has 0 amide bonds. The minimum absolute atomic E-state index is 0.295. The molecule has 1 heterocycles. The van der Waals surface area contributed by atoms with Crippen LogP contribution in [0.25, 0.3) is 10.6 Å². The van der Waals surface area contributed by atoms with E-state index < -0.39 is 5.97 Å².